The monoisotopic (exact) mass is 386 g/mol. The van der Waals surface area contributed by atoms with Gasteiger partial charge in [0.2, 0.25) is 0 Å². The highest BCUT2D eigenvalue weighted by Gasteiger charge is 2.73. The molecular formula is C10H12I2. The second-order valence-corrected chi connectivity index (χ2v) is 8.19. The van der Waals surface area contributed by atoms with Gasteiger partial charge in [0.05, 0.1) is 0 Å². The second kappa shape index (κ2) is 2.17. The third-order valence-corrected chi connectivity index (χ3v) is 8.33. The molecule has 4 aliphatic carbocycles. The van der Waals surface area contributed by atoms with Gasteiger partial charge in [-0.1, -0.05) is 45.2 Å². The summed E-state index contributed by atoms with van der Waals surface area (Å²) >= 11 is 5.49. The highest BCUT2D eigenvalue weighted by Crippen LogP contribution is 2.77. The van der Waals surface area contributed by atoms with Gasteiger partial charge in [-0.2, -0.15) is 0 Å². The number of alkyl halides is 2. The molecule has 0 aromatic rings. The van der Waals surface area contributed by atoms with E-state index in [-0.39, 0.29) is 0 Å². The van der Waals surface area contributed by atoms with Crippen molar-refractivity contribution >= 4 is 45.2 Å². The van der Waals surface area contributed by atoms with Crippen LogP contribution < -0.4 is 0 Å². The van der Waals surface area contributed by atoms with E-state index in [4.69, 9.17) is 0 Å². The van der Waals surface area contributed by atoms with Crippen LogP contribution in [0.2, 0.25) is 0 Å². The molecule has 4 saturated carbocycles. The fraction of sp³-hybridized carbons (Fsp3) is 1.00. The summed E-state index contributed by atoms with van der Waals surface area (Å²) in [5, 5.41) is 0. The highest BCUT2D eigenvalue weighted by molar-refractivity contribution is 14.1. The summed E-state index contributed by atoms with van der Waals surface area (Å²) < 4.78 is 2.12. The molecule has 4 fully saturated rings. The maximum atomic E-state index is 2.76. The first-order valence-corrected chi connectivity index (χ1v) is 7.56. The van der Waals surface area contributed by atoms with Crippen LogP contribution in [0.3, 0.4) is 0 Å². The number of hydrogen-bond acceptors (Lipinski definition) is 0. The topological polar surface area (TPSA) is 0 Å². The van der Waals surface area contributed by atoms with Gasteiger partial charge < -0.3 is 0 Å². The Morgan fingerprint density at radius 1 is 0.750 bits per heavy atom. The molecule has 4 rings (SSSR count). The minimum Gasteiger partial charge on any atom is -0.0823 e. The molecule has 0 bridgehead atoms. The lowest BCUT2D eigenvalue weighted by Gasteiger charge is -2.59. The third kappa shape index (κ3) is 0.607. The van der Waals surface area contributed by atoms with Gasteiger partial charge in [0, 0.05) is 7.85 Å². The highest BCUT2D eigenvalue weighted by atomic mass is 127. The molecule has 0 aromatic carbocycles. The molecule has 4 aliphatic rings. The van der Waals surface area contributed by atoms with Crippen LogP contribution in [0.1, 0.15) is 12.8 Å². The summed E-state index contributed by atoms with van der Waals surface area (Å²) in [5.41, 5.74) is 0. The molecule has 8 unspecified atom stereocenters. The van der Waals surface area contributed by atoms with Crippen LogP contribution in [0.25, 0.3) is 0 Å². The maximum Gasteiger partial charge on any atom is 0.0172 e. The summed E-state index contributed by atoms with van der Waals surface area (Å²) in [6, 6.07) is 0. The van der Waals surface area contributed by atoms with Crippen molar-refractivity contribution in [2.45, 2.75) is 20.7 Å². The number of hydrogen-bond donors (Lipinski definition) is 0. The van der Waals surface area contributed by atoms with Crippen LogP contribution >= 0.6 is 45.2 Å². The smallest absolute Gasteiger partial charge is 0.0172 e. The average molecular weight is 386 g/mol. The van der Waals surface area contributed by atoms with Gasteiger partial charge in [-0.25, -0.2) is 0 Å². The van der Waals surface area contributed by atoms with E-state index in [1.807, 2.05) is 0 Å². The van der Waals surface area contributed by atoms with E-state index in [0.29, 0.717) is 0 Å². The van der Waals surface area contributed by atoms with E-state index in [1.165, 1.54) is 29.6 Å². The normalized spacial score (nSPS) is 76.5. The fourth-order valence-corrected chi connectivity index (χ4v) is 7.93. The fourth-order valence-electron chi connectivity index (χ4n) is 4.79. The molecule has 0 N–H and O–H groups in total. The van der Waals surface area contributed by atoms with E-state index in [0.717, 1.165) is 13.8 Å². The molecule has 0 saturated heterocycles. The Hall–Kier alpha value is 1.46. The Bertz CT molecular complexity index is 246. The minimum atomic E-state index is 1.05. The van der Waals surface area contributed by atoms with E-state index in [1.54, 1.807) is 12.8 Å². The zero-order valence-corrected chi connectivity index (χ0v) is 11.1. The van der Waals surface area contributed by atoms with Crippen molar-refractivity contribution < 1.29 is 0 Å². The second-order valence-electron chi connectivity index (χ2n) is 5.16. The van der Waals surface area contributed by atoms with Crippen LogP contribution in [0.15, 0.2) is 0 Å². The average Bonchev–Trinajstić information content (AvgIpc) is 2.26. The van der Waals surface area contributed by atoms with Crippen molar-refractivity contribution in [3.63, 3.8) is 0 Å². The third-order valence-electron chi connectivity index (χ3n) is 5.14. The molecule has 0 radical (unpaired) electrons. The van der Waals surface area contributed by atoms with Crippen LogP contribution in [0.4, 0.5) is 0 Å². The lowest BCUT2D eigenvalue weighted by atomic mass is 9.47. The summed E-state index contributed by atoms with van der Waals surface area (Å²) in [6.45, 7) is 0. The van der Waals surface area contributed by atoms with Gasteiger partial charge in [0.1, 0.15) is 0 Å². The lowest BCUT2D eigenvalue weighted by Crippen LogP contribution is -2.56. The van der Waals surface area contributed by atoms with E-state index < -0.39 is 0 Å². The molecule has 0 aliphatic heterocycles. The molecule has 8 atom stereocenters. The minimum absolute atomic E-state index is 1.05. The summed E-state index contributed by atoms with van der Waals surface area (Å²) in [6.07, 6.45) is 3.17. The SMILES string of the molecule is IC1CC2C(I)C3CC4C1C2C34. The van der Waals surface area contributed by atoms with Crippen molar-refractivity contribution in [2.75, 3.05) is 0 Å². The Morgan fingerprint density at radius 3 is 2.33 bits per heavy atom. The Kier molecular flexibility index (Phi) is 1.39. The van der Waals surface area contributed by atoms with Gasteiger partial charge in [0.25, 0.3) is 0 Å². The van der Waals surface area contributed by atoms with Gasteiger partial charge in [-0.3, -0.25) is 0 Å². The van der Waals surface area contributed by atoms with E-state index in [9.17, 15) is 0 Å². The lowest BCUT2D eigenvalue weighted by molar-refractivity contribution is -0.0971. The van der Waals surface area contributed by atoms with Crippen LogP contribution in [0, 0.1) is 35.5 Å². The summed E-state index contributed by atoms with van der Waals surface area (Å²) in [7, 11) is 0. The zero-order chi connectivity index (χ0) is 8.03. The predicted molar refractivity (Wildman–Crippen MR) is 65.8 cm³/mol. The van der Waals surface area contributed by atoms with Gasteiger partial charge in [-0.05, 0) is 48.3 Å². The van der Waals surface area contributed by atoms with Gasteiger partial charge in [-0.15, -0.1) is 0 Å². The maximum absolute atomic E-state index is 2.76. The van der Waals surface area contributed by atoms with Crippen molar-refractivity contribution in [1.29, 1.82) is 0 Å². The number of halogens is 2. The molecule has 0 aromatic heterocycles. The van der Waals surface area contributed by atoms with Crippen molar-refractivity contribution in [3.8, 4) is 0 Å². The number of fused-ring (bicyclic) bond motifs is 1. The quantitative estimate of drug-likeness (QED) is 0.444. The summed E-state index contributed by atoms with van der Waals surface area (Å²) in [4.78, 5) is 0. The van der Waals surface area contributed by atoms with Crippen LogP contribution in [-0.2, 0) is 0 Å². The standard InChI is InChI=1S/C10H12I2/c11-6-2-5-9-7-3(8(6)9)1-4(7)10(5)12/h3-10H,1-2H2. The predicted octanol–water partition coefficient (Wildman–Crippen LogP) is 3.13. The van der Waals surface area contributed by atoms with Crippen LogP contribution in [-0.4, -0.2) is 7.85 Å². The van der Waals surface area contributed by atoms with Crippen molar-refractivity contribution in [1.82, 2.24) is 0 Å². The van der Waals surface area contributed by atoms with Crippen molar-refractivity contribution in [3.05, 3.63) is 0 Å². The molecule has 0 amide bonds. The van der Waals surface area contributed by atoms with E-state index >= 15 is 0 Å². The molecular weight excluding hydrogens is 374 g/mol. The first-order chi connectivity index (χ1) is 5.79. The molecule has 66 valence electrons. The number of rotatable bonds is 0. The van der Waals surface area contributed by atoms with Gasteiger partial charge in [0.15, 0.2) is 0 Å². The van der Waals surface area contributed by atoms with Crippen LogP contribution in [0.5, 0.6) is 0 Å². The summed E-state index contributed by atoms with van der Waals surface area (Å²) in [5.74, 6) is 7.12. The van der Waals surface area contributed by atoms with Gasteiger partial charge >= 0.3 is 0 Å². The molecule has 0 spiro atoms. The zero-order valence-electron chi connectivity index (χ0n) is 6.79. The molecule has 2 heteroatoms. The Morgan fingerprint density at radius 2 is 1.50 bits per heavy atom. The van der Waals surface area contributed by atoms with Crippen molar-refractivity contribution in [2.24, 2.45) is 35.5 Å². The molecule has 0 heterocycles. The molecule has 12 heavy (non-hydrogen) atoms. The largest absolute Gasteiger partial charge is 0.0823 e. The molecule has 0 nitrogen and oxygen atoms in total. The first-order valence-electron chi connectivity index (χ1n) is 5.07. The Labute approximate surface area is 101 Å². The Balaban J connectivity index is 1.81. The van der Waals surface area contributed by atoms with E-state index in [2.05, 4.69) is 45.2 Å². The first kappa shape index (κ1) is 7.71.